The van der Waals surface area contributed by atoms with Gasteiger partial charge in [-0.25, -0.2) is 0 Å². The summed E-state index contributed by atoms with van der Waals surface area (Å²) in [5, 5.41) is 0. The van der Waals surface area contributed by atoms with E-state index in [4.69, 9.17) is 4.74 Å². The first-order valence-corrected chi connectivity index (χ1v) is 11.5. The number of nitrogens with zero attached hydrogens (tertiary/aromatic N) is 3. The van der Waals surface area contributed by atoms with Gasteiger partial charge in [-0.1, -0.05) is 6.92 Å². The smallest absolute Gasteiger partial charge is 0.309 e. The number of piperidine rings is 1. The fourth-order valence-corrected chi connectivity index (χ4v) is 4.00. The Labute approximate surface area is 183 Å². The van der Waals surface area contributed by atoms with Gasteiger partial charge in [0.25, 0.3) is 0 Å². The number of carbonyl (C=O) groups is 3. The summed E-state index contributed by atoms with van der Waals surface area (Å²) in [6.45, 7) is 14.1. The van der Waals surface area contributed by atoms with Crippen LogP contribution in [0.2, 0.25) is 0 Å². The quantitative estimate of drug-likeness (QED) is 0.450. The number of likely N-dealkylation sites (tertiary alicyclic amines) is 1. The largest absolute Gasteiger partial charge is 0.466 e. The third-order valence-corrected chi connectivity index (χ3v) is 6.22. The van der Waals surface area contributed by atoms with Crippen molar-refractivity contribution >= 4 is 17.8 Å². The molecule has 1 heterocycles. The highest BCUT2D eigenvalue weighted by Gasteiger charge is 2.33. The van der Waals surface area contributed by atoms with Crippen LogP contribution in [0.4, 0.5) is 0 Å². The van der Waals surface area contributed by atoms with Crippen LogP contribution in [0.1, 0.15) is 73.1 Å². The lowest BCUT2D eigenvalue weighted by atomic mass is 9.90. The number of hydrogen-bond acceptors (Lipinski definition) is 5. The monoisotopic (exact) mass is 425 g/mol. The van der Waals surface area contributed by atoms with Crippen molar-refractivity contribution in [2.24, 2.45) is 5.92 Å². The van der Waals surface area contributed by atoms with Crippen LogP contribution in [0.15, 0.2) is 0 Å². The fraction of sp³-hybridized carbons (Fsp3) is 0.870. The van der Waals surface area contributed by atoms with E-state index >= 15 is 0 Å². The molecule has 1 rings (SSSR count). The summed E-state index contributed by atoms with van der Waals surface area (Å²) < 4.78 is 5.16. The molecule has 0 atom stereocenters. The average Bonchev–Trinajstić information content (AvgIpc) is 2.70. The van der Waals surface area contributed by atoms with Gasteiger partial charge in [0.05, 0.1) is 12.5 Å². The van der Waals surface area contributed by atoms with E-state index in [-0.39, 0.29) is 29.2 Å². The Kier molecular flexibility index (Phi) is 11.4. The van der Waals surface area contributed by atoms with Crippen molar-refractivity contribution in [1.82, 2.24) is 14.7 Å². The molecular weight excluding hydrogens is 382 g/mol. The van der Waals surface area contributed by atoms with E-state index < -0.39 is 0 Å². The van der Waals surface area contributed by atoms with Crippen molar-refractivity contribution in [1.29, 1.82) is 0 Å². The molecule has 0 saturated carbocycles. The third-order valence-electron chi connectivity index (χ3n) is 6.22. The summed E-state index contributed by atoms with van der Waals surface area (Å²) in [4.78, 5) is 42.1. The van der Waals surface area contributed by atoms with Gasteiger partial charge in [0, 0.05) is 45.6 Å². The SMILES string of the molecule is CCCC(=O)N(C)CCCN(CCC(C)(C)N1CCC(C(=O)OCC)CC1)C(C)=O. The van der Waals surface area contributed by atoms with Gasteiger partial charge in [0.1, 0.15) is 0 Å². The van der Waals surface area contributed by atoms with Crippen molar-refractivity contribution in [3.05, 3.63) is 0 Å². The second kappa shape index (κ2) is 12.9. The molecule has 30 heavy (non-hydrogen) atoms. The van der Waals surface area contributed by atoms with E-state index in [2.05, 4.69) is 18.7 Å². The zero-order valence-electron chi connectivity index (χ0n) is 20.0. The van der Waals surface area contributed by atoms with E-state index in [0.717, 1.165) is 45.2 Å². The van der Waals surface area contributed by atoms with E-state index in [9.17, 15) is 14.4 Å². The minimum Gasteiger partial charge on any atom is -0.466 e. The maximum absolute atomic E-state index is 12.1. The Bertz CT molecular complexity index is 557. The fourth-order valence-electron chi connectivity index (χ4n) is 4.00. The second-order valence-electron chi connectivity index (χ2n) is 9.00. The lowest BCUT2D eigenvalue weighted by Crippen LogP contribution is -2.50. The Morgan fingerprint density at radius 3 is 2.23 bits per heavy atom. The van der Waals surface area contributed by atoms with Gasteiger partial charge in [-0.05, 0) is 66.0 Å². The molecule has 1 saturated heterocycles. The van der Waals surface area contributed by atoms with Gasteiger partial charge in [-0.3, -0.25) is 19.3 Å². The maximum Gasteiger partial charge on any atom is 0.309 e. The van der Waals surface area contributed by atoms with Crippen LogP contribution in [0.25, 0.3) is 0 Å². The Morgan fingerprint density at radius 2 is 1.70 bits per heavy atom. The molecule has 0 bridgehead atoms. The standard InChI is InChI=1S/C23H43N3O4/c1-7-10-21(28)24(6)14-9-15-25(19(3)27)18-13-23(4,5)26-16-11-20(12-17-26)22(29)30-8-2/h20H,7-18H2,1-6H3. The van der Waals surface area contributed by atoms with Crippen molar-refractivity contribution in [3.63, 3.8) is 0 Å². The molecule has 7 nitrogen and oxygen atoms in total. The molecule has 0 aromatic rings. The number of ether oxygens (including phenoxy) is 1. The summed E-state index contributed by atoms with van der Waals surface area (Å²) >= 11 is 0. The zero-order chi connectivity index (χ0) is 22.7. The third kappa shape index (κ3) is 8.62. The van der Waals surface area contributed by atoms with E-state index in [1.54, 1.807) is 11.8 Å². The Hall–Kier alpha value is -1.63. The Morgan fingerprint density at radius 1 is 1.07 bits per heavy atom. The lowest BCUT2D eigenvalue weighted by molar-refractivity contribution is -0.150. The highest BCUT2D eigenvalue weighted by molar-refractivity contribution is 5.75. The predicted molar refractivity (Wildman–Crippen MR) is 119 cm³/mol. The van der Waals surface area contributed by atoms with Gasteiger partial charge in [-0.2, -0.15) is 0 Å². The van der Waals surface area contributed by atoms with Crippen molar-refractivity contribution in [2.75, 3.05) is 46.4 Å². The molecular formula is C23H43N3O4. The minimum atomic E-state index is -0.0694. The highest BCUT2D eigenvalue weighted by Crippen LogP contribution is 2.27. The van der Waals surface area contributed by atoms with Gasteiger partial charge >= 0.3 is 5.97 Å². The van der Waals surface area contributed by atoms with Crippen LogP contribution < -0.4 is 0 Å². The topological polar surface area (TPSA) is 70.2 Å². The normalized spacial score (nSPS) is 15.7. The van der Waals surface area contributed by atoms with Crippen molar-refractivity contribution in [3.8, 4) is 0 Å². The maximum atomic E-state index is 12.1. The molecule has 1 aliphatic heterocycles. The summed E-state index contributed by atoms with van der Waals surface area (Å²) in [5.41, 5.74) is -0.0405. The second-order valence-corrected chi connectivity index (χ2v) is 9.00. The summed E-state index contributed by atoms with van der Waals surface area (Å²) in [6, 6.07) is 0. The molecule has 0 unspecified atom stereocenters. The van der Waals surface area contributed by atoms with Crippen LogP contribution >= 0.6 is 0 Å². The first-order chi connectivity index (χ1) is 14.1. The first-order valence-electron chi connectivity index (χ1n) is 11.5. The molecule has 2 amide bonds. The molecule has 1 aliphatic rings. The zero-order valence-corrected chi connectivity index (χ0v) is 20.0. The molecule has 0 aliphatic carbocycles. The van der Waals surface area contributed by atoms with Gasteiger partial charge in [0.15, 0.2) is 0 Å². The molecule has 0 aromatic heterocycles. The number of amides is 2. The minimum absolute atomic E-state index is 0.0122. The molecule has 7 heteroatoms. The Balaban J connectivity index is 2.46. The number of rotatable bonds is 12. The summed E-state index contributed by atoms with van der Waals surface area (Å²) in [5.74, 6) is 0.187. The van der Waals surface area contributed by atoms with Crippen molar-refractivity contribution in [2.45, 2.75) is 78.7 Å². The molecule has 0 radical (unpaired) electrons. The lowest BCUT2D eigenvalue weighted by Gasteiger charge is -2.43. The van der Waals surface area contributed by atoms with Crippen LogP contribution in [0, 0.1) is 5.92 Å². The first kappa shape index (κ1) is 26.4. The van der Waals surface area contributed by atoms with E-state index in [1.165, 1.54) is 0 Å². The molecule has 0 N–H and O–H groups in total. The predicted octanol–water partition coefficient (Wildman–Crippen LogP) is 2.93. The summed E-state index contributed by atoms with van der Waals surface area (Å²) in [7, 11) is 1.83. The average molecular weight is 426 g/mol. The number of carbonyl (C=O) groups excluding carboxylic acids is 3. The van der Waals surface area contributed by atoms with Crippen LogP contribution in [0.5, 0.6) is 0 Å². The molecule has 0 spiro atoms. The van der Waals surface area contributed by atoms with E-state index in [1.807, 2.05) is 25.8 Å². The van der Waals surface area contributed by atoms with E-state index in [0.29, 0.717) is 32.7 Å². The number of esters is 1. The van der Waals surface area contributed by atoms with Crippen LogP contribution in [-0.2, 0) is 19.1 Å². The van der Waals surface area contributed by atoms with Crippen LogP contribution in [-0.4, -0.2) is 84.4 Å². The molecule has 0 aromatic carbocycles. The van der Waals surface area contributed by atoms with Crippen LogP contribution in [0.3, 0.4) is 0 Å². The number of hydrogen-bond donors (Lipinski definition) is 0. The summed E-state index contributed by atoms with van der Waals surface area (Å²) in [6.07, 6.45) is 4.76. The highest BCUT2D eigenvalue weighted by atomic mass is 16.5. The molecule has 1 fully saturated rings. The van der Waals surface area contributed by atoms with Gasteiger partial charge < -0.3 is 14.5 Å². The molecule has 174 valence electrons. The van der Waals surface area contributed by atoms with Crippen molar-refractivity contribution < 1.29 is 19.1 Å². The van der Waals surface area contributed by atoms with Gasteiger partial charge in [0.2, 0.25) is 11.8 Å². The van der Waals surface area contributed by atoms with Gasteiger partial charge in [-0.15, -0.1) is 0 Å².